The third-order valence-corrected chi connectivity index (χ3v) is 9.14. The van der Waals surface area contributed by atoms with Crippen molar-refractivity contribution in [3.8, 4) is 0 Å². The highest BCUT2D eigenvalue weighted by Gasteiger charge is 2.25. The van der Waals surface area contributed by atoms with Crippen LogP contribution in [0.2, 0.25) is 0 Å². The number of ether oxygens (including phenoxy) is 2. The Morgan fingerprint density at radius 2 is 1.42 bits per heavy atom. The Morgan fingerprint density at radius 3 is 1.92 bits per heavy atom. The van der Waals surface area contributed by atoms with Gasteiger partial charge in [-0.05, 0) is 44.0 Å². The molecule has 4 nitrogen and oxygen atoms in total. The zero-order valence-corrected chi connectivity index (χ0v) is 21.6. The van der Waals surface area contributed by atoms with E-state index in [9.17, 15) is 9.59 Å². The predicted molar refractivity (Wildman–Crippen MR) is 115 cm³/mol. The van der Waals surface area contributed by atoms with Gasteiger partial charge in [-0.3, -0.25) is 0 Å². The lowest BCUT2D eigenvalue weighted by atomic mass is 10.1. The first kappa shape index (κ1) is 23.1. The van der Waals surface area contributed by atoms with Crippen LogP contribution in [0, 0.1) is 0 Å². The van der Waals surface area contributed by atoms with Crippen LogP contribution in [0.5, 0.6) is 0 Å². The second-order valence-electron chi connectivity index (χ2n) is 4.48. The third kappa shape index (κ3) is 6.98. The monoisotopic (exact) mass is 718 g/mol. The third-order valence-electron chi connectivity index (χ3n) is 2.64. The molecule has 0 bridgehead atoms. The SMILES string of the molecule is O=C(OCC(Br)CBr)c1ccc(Br)c(Br)c1C(=O)OCC(Br)CBr. The largest absolute Gasteiger partial charge is 0.461 e. The fraction of sp³-hybridized carbons (Fsp3) is 0.429. The number of carbonyl (C=O) groups is 2. The first-order chi connectivity index (χ1) is 11.3. The molecule has 0 fully saturated rings. The average molecular weight is 724 g/mol. The molecule has 10 heteroatoms. The standard InChI is InChI=1S/C14H12Br6O4/c15-3-7(17)5-23-13(21)9-1-2-10(19)12(20)11(9)14(22)24-6-8(18)4-16/h1-2,7-8H,3-6H2. The van der Waals surface area contributed by atoms with Crippen LogP contribution in [-0.2, 0) is 9.47 Å². The molecule has 2 atom stereocenters. The summed E-state index contributed by atoms with van der Waals surface area (Å²) in [7, 11) is 0. The number of carbonyl (C=O) groups excluding carboxylic acids is 2. The Balaban J connectivity index is 3.02. The predicted octanol–water partition coefficient (Wildman–Crippen LogP) is 5.84. The summed E-state index contributed by atoms with van der Waals surface area (Å²) in [4.78, 5) is 24.7. The smallest absolute Gasteiger partial charge is 0.340 e. The summed E-state index contributed by atoms with van der Waals surface area (Å²) < 4.78 is 11.6. The summed E-state index contributed by atoms with van der Waals surface area (Å²) in [5.41, 5.74) is 0.280. The van der Waals surface area contributed by atoms with Gasteiger partial charge in [-0.2, -0.15) is 0 Å². The molecule has 0 heterocycles. The molecule has 0 radical (unpaired) electrons. The fourth-order valence-electron chi connectivity index (χ4n) is 1.49. The zero-order valence-electron chi connectivity index (χ0n) is 12.0. The maximum atomic E-state index is 12.4. The lowest BCUT2D eigenvalue weighted by Gasteiger charge is -2.14. The molecule has 0 amide bonds. The molecule has 0 aliphatic rings. The van der Waals surface area contributed by atoms with E-state index in [0.717, 1.165) is 0 Å². The van der Waals surface area contributed by atoms with Crippen LogP contribution < -0.4 is 0 Å². The van der Waals surface area contributed by atoms with Crippen molar-refractivity contribution in [3.63, 3.8) is 0 Å². The van der Waals surface area contributed by atoms with Crippen LogP contribution >= 0.6 is 95.6 Å². The molecule has 1 aromatic carbocycles. The molecule has 2 unspecified atom stereocenters. The Hall–Kier alpha value is 1.04. The highest BCUT2D eigenvalue weighted by molar-refractivity contribution is 9.13. The van der Waals surface area contributed by atoms with Crippen molar-refractivity contribution in [2.45, 2.75) is 9.65 Å². The van der Waals surface area contributed by atoms with E-state index in [1.165, 1.54) is 6.07 Å². The van der Waals surface area contributed by atoms with Crippen LogP contribution in [0.3, 0.4) is 0 Å². The van der Waals surface area contributed by atoms with Gasteiger partial charge in [0.1, 0.15) is 13.2 Å². The summed E-state index contributed by atoms with van der Waals surface area (Å²) in [5.74, 6) is -1.19. The van der Waals surface area contributed by atoms with E-state index < -0.39 is 11.9 Å². The first-order valence-electron chi connectivity index (χ1n) is 6.54. The average Bonchev–Trinajstić information content (AvgIpc) is 2.58. The van der Waals surface area contributed by atoms with Crippen molar-refractivity contribution < 1.29 is 19.1 Å². The van der Waals surface area contributed by atoms with Gasteiger partial charge in [0.15, 0.2) is 0 Å². The van der Waals surface area contributed by atoms with Crippen LogP contribution in [-0.4, -0.2) is 45.5 Å². The van der Waals surface area contributed by atoms with Gasteiger partial charge in [0.25, 0.3) is 0 Å². The Kier molecular flexibility index (Phi) is 11.2. The lowest BCUT2D eigenvalue weighted by Crippen LogP contribution is -2.20. The van der Waals surface area contributed by atoms with Gasteiger partial charge in [-0.15, -0.1) is 0 Å². The minimum atomic E-state index is -0.601. The van der Waals surface area contributed by atoms with Gasteiger partial charge in [-0.25, -0.2) is 9.59 Å². The van der Waals surface area contributed by atoms with E-state index in [1.54, 1.807) is 6.07 Å². The minimum Gasteiger partial charge on any atom is -0.461 e. The summed E-state index contributed by atoms with van der Waals surface area (Å²) >= 11 is 19.9. The molecular formula is C14H12Br6O4. The van der Waals surface area contributed by atoms with Crippen molar-refractivity contribution in [3.05, 3.63) is 32.2 Å². The zero-order chi connectivity index (χ0) is 18.3. The Bertz CT molecular complexity index is 595. The van der Waals surface area contributed by atoms with E-state index in [-0.39, 0.29) is 34.0 Å². The topological polar surface area (TPSA) is 52.6 Å². The molecule has 0 aliphatic carbocycles. The Labute approximate surface area is 190 Å². The van der Waals surface area contributed by atoms with Crippen molar-refractivity contribution in [2.24, 2.45) is 0 Å². The number of hydrogen-bond acceptors (Lipinski definition) is 4. The molecule has 0 saturated heterocycles. The molecule has 0 N–H and O–H groups in total. The van der Waals surface area contributed by atoms with Gasteiger partial charge >= 0.3 is 11.9 Å². The normalized spacial score (nSPS) is 13.2. The maximum Gasteiger partial charge on any atom is 0.340 e. The van der Waals surface area contributed by atoms with Gasteiger partial charge in [-0.1, -0.05) is 63.7 Å². The van der Waals surface area contributed by atoms with Crippen molar-refractivity contribution >= 4 is 108 Å². The quantitative estimate of drug-likeness (QED) is 0.250. The second-order valence-corrected chi connectivity index (χ2v) is 10.0. The highest BCUT2D eigenvalue weighted by atomic mass is 79.9. The van der Waals surface area contributed by atoms with Crippen molar-refractivity contribution in [1.29, 1.82) is 0 Å². The number of halogens is 6. The summed E-state index contributed by atoms with van der Waals surface area (Å²) in [6.07, 6.45) is 0. The molecule has 0 aliphatic heterocycles. The van der Waals surface area contributed by atoms with Gasteiger partial charge in [0.05, 0.1) is 20.8 Å². The minimum absolute atomic E-state index is 0.0103. The molecule has 1 aromatic rings. The molecule has 0 spiro atoms. The number of alkyl halides is 4. The Morgan fingerprint density at radius 1 is 0.917 bits per heavy atom. The van der Waals surface area contributed by atoms with E-state index in [2.05, 4.69) is 95.6 Å². The second kappa shape index (κ2) is 11.7. The number of rotatable bonds is 8. The molecular weight excluding hydrogens is 712 g/mol. The van der Waals surface area contributed by atoms with Gasteiger partial charge in [0, 0.05) is 19.6 Å². The molecule has 0 aromatic heterocycles. The lowest BCUT2D eigenvalue weighted by molar-refractivity contribution is 0.0465. The highest BCUT2D eigenvalue weighted by Crippen LogP contribution is 2.31. The first-order valence-corrected chi connectivity index (χ1v) is 12.2. The molecule has 24 heavy (non-hydrogen) atoms. The fourth-order valence-corrected chi connectivity index (χ4v) is 2.97. The summed E-state index contributed by atoms with van der Waals surface area (Å²) in [6.45, 7) is 0.351. The number of hydrogen-bond donors (Lipinski definition) is 0. The van der Waals surface area contributed by atoms with Crippen LogP contribution in [0.4, 0.5) is 0 Å². The number of esters is 2. The van der Waals surface area contributed by atoms with Gasteiger partial charge < -0.3 is 9.47 Å². The van der Waals surface area contributed by atoms with E-state index in [0.29, 0.717) is 19.6 Å². The van der Waals surface area contributed by atoms with Crippen LogP contribution in [0.1, 0.15) is 20.7 Å². The van der Waals surface area contributed by atoms with E-state index >= 15 is 0 Å². The molecule has 1 rings (SSSR count). The maximum absolute atomic E-state index is 12.4. The van der Waals surface area contributed by atoms with Crippen molar-refractivity contribution in [1.82, 2.24) is 0 Å². The molecule has 134 valence electrons. The number of benzene rings is 1. The van der Waals surface area contributed by atoms with E-state index in [4.69, 9.17) is 9.47 Å². The molecule has 0 saturated carbocycles. The van der Waals surface area contributed by atoms with Gasteiger partial charge in [0.2, 0.25) is 0 Å². The van der Waals surface area contributed by atoms with E-state index in [1.807, 2.05) is 0 Å². The summed E-state index contributed by atoms with van der Waals surface area (Å²) in [6, 6.07) is 3.20. The van der Waals surface area contributed by atoms with Crippen molar-refractivity contribution in [2.75, 3.05) is 23.9 Å². The van der Waals surface area contributed by atoms with Crippen LogP contribution in [0.15, 0.2) is 21.1 Å². The van der Waals surface area contributed by atoms with Crippen LogP contribution in [0.25, 0.3) is 0 Å². The summed E-state index contributed by atoms with van der Waals surface area (Å²) in [5, 5.41) is 1.27.